The fourth-order valence-corrected chi connectivity index (χ4v) is 15.3. The summed E-state index contributed by atoms with van der Waals surface area (Å²) in [5.74, 6) is -0.0912. The Balaban J connectivity index is 1.03. The molecule has 10 aromatic rings. The van der Waals surface area contributed by atoms with Crippen LogP contribution in [0.5, 0.6) is 0 Å². The summed E-state index contributed by atoms with van der Waals surface area (Å²) in [6, 6.07) is 60.2. The van der Waals surface area contributed by atoms with Gasteiger partial charge < -0.3 is 19.9 Å². The third-order valence-corrected chi connectivity index (χ3v) is 20.0. The average Bonchev–Trinajstić information content (AvgIpc) is 1.59. The summed E-state index contributed by atoms with van der Waals surface area (Å²) in [7, 11) is 0. The fraction of sp³-hybridized carbons (Fsp3) is 0.186. The number of carbonyl (C=O) groups is 2. The molecule has 10 nitrogen and oxygen atoms in total. The van der Waals surface area contributed by atoms with Gasteiger partial charge in [-0.3, -0.25) is 9.59 Å². The number of H-pyrrole nitrogens is 4. The van der Waals surface area contributed by atoms with Crippen molar-refractivity contribution in [2.45, 2.75) is 96.8 Å². The lowest BCUT2D eigenvalue weighted by atomic mass is 9.74. The molecule has 6 aliphatic rings. The van der Waals surface area contributed by atoms with Crippen molar-refractivity contribution in [3.63, 3.8) is 0 Å². The van der Waals surface area contributed by atoms with E-state index in [0.717, 1.165) is 228 Å². The highest BCUT2D eigenvalue weighted by atomic mass is 16.1. The van der Waals surface area contributed by atoms with Crippen molar-refractivity contribution in [1.29, 1.82) is 0 Å². The molecular formula is C86H74N8O2. The van der Waals surface area contributed by atoms with E-state index in [1.807, 2.05) is 0 Å². The zero-order chi connectivity index (χ0) is 64.6. The number of hydrogen-bond donors (Lipinski definition) is 4. The summed E-state index contributed by atoms with van der Waals surface area (Å²) in [5.41, 5.74) is 28.5. The number of fused-ring (bicyclic) bond motifs is 16. The molecule has 2 aliphatic carbocycles. The third kappa shape index (κ3) is 11.4. The van der Waals surface area contributed by atoms with Crippen molar-refractivity contribution in [1.82, 2.24) is 39.9 Å². The number of ketones is 2. The molecule has 0 radical (unpaired) electrons. The van der Waals surface area contributed by atoms with Crippen LogP contribution in [0.3, 0.4) is 0 Å². The highest BCUT2D eigenvalue weighted by Crippen LogP contribution is 2.47. The van der Waals surface area contributed by atoms with Gasteiger partial charge in [-0.1, -0.05) is 161 Å². The van der Waals surface area contributed by atoms with Crippen molar-refractivity contribution < 1.29 is 9.59 Å². The summed E-state index contributed by atoms with van der Waals surface area (Å²) in [6.07, 6.45) is 31.3. The first-order valence-electron chi connectivity index (χ1n) is 34.4. The minimum atomic E-state index is -0.120. The van der Waals surface area contributed by atoms with Gasteiger partial charge in [-0.2, -0.15) is 0 Å². The van der Waals surface area contributed by atoms with Crippen molar-refractivity contribution >= 4 is 104 Å². The Hall–Kier alpha value is -11.1. The zero-order valence-corrected chi connectivity index (χ0v) is 54.2. The SMILES string of the molecule is CCCCCc1c2nc(c(CCCCC)c3ccc([nH]3)c(C3CCC(C4=CC(=O)C=CC4=O)CC3)c3nc(c(C4=Cc5nc4c(-c4ccccc4)c4ccc([nH]4)c(-c4ccccc4)c4nc(c(-c6ccccc6)c6ccc([nH]6)c5-c5ccccc5)C=C4)c4ccc1[nH]4)C=C3)C=C2. The van der Waals surface area contributed by atoms with E-state index in [1.54, 1.807) is 6.08 Å². The summed E-state index contributed by atoms with van der Waals surface area (Å²) < 4.78 is 0. The lowest BCUT2D eigenvalue weighted by Gasteiger charge is -2.30. The number of benzene rings is 4. The van der Waals surface area contributed by atoms with Gasteiger partial charge in [0.2, 0.25) is 0 Å². The van der Waals surface area contributed by atoms with E-state index < -0.39 is 0 Å². The maximum absolute atomic E-state index is 13.4. The molecule has 4 N–H and O–H groups in total. The van der Waals surface area contributed by atoms with Crippen LogP contribution in [0, 0.1) is 5.92 Å². The van der Waals surface area contributed by atoms with Crippen LogP contribution in [0.2, 0.25) is 0 Å². The number of rotatable bonds is 15. The van der Waals surface area contributed by atoms with Crippen molar-refractivity contribution in [3.8, 4) is 44.5 Å². The predicted octanol–water partition coefficient (Wildman–Crippen LogP) is 21.1. The van der Waals surface area contributed by atoms with Gasteiger partial charge in [0.05, 0.1) is 45.6 Å². The number of nitrogens with zero attached hydrogens (tertiary/aromatic N) is 4. The lowest BCUT2D eigenvalue weighted by molar-refractivity contribution is -0.115. The van der Waals surface area contributed by atoms with E-state index in [2.05, 4.69) is 246 Å². The molecule has 16 rings (SSSR count). The molecule has 6 aromatic heterocycles. The predicted molar refractivity (Wildman–Crippen MR) is 396 cm³/mol. The molecule has 4 aliphatic heterocycles. The molecule has 10 heterocycles. The Morgan fingerprint density at radius 3 is 1.25 bits per heavy atom. The molecule has 0 saturated heterocycles. The molecule has 16 bridgehead atoms. The fourth-order valence-electron chi connectivity index (χ4n) is 15.3. The Bertz CT molecular complexity index is 5290. The highest BCUT2D eigenvalue weighted by molar-refractivity contribution is 6.17. The quantitative estimate of drug-likeness (QED) is 0.0593. The number of aromatic amines is 4. The van der Waals surface area contributed by atoms with Crippen LogP contribution in [0.15, 0.2) is 194 Å². The molecule has 4 aromatic carbocycles. The molecule has 1 fully saturated rings. The maximum Gasteiger partial charge on any atom is 0.182 e. The normalized spacial score (nSPS) is 15.8. The van der Waals surface area contributed by atoms with Gasteiger partial charge in [0, 0.05) is 99.8 Å². The Labute approximate surface area is 558 Å². The van der Waals surface area contributed by atoms with Crippen LogP contribution in [0.1, 0.15) is 152 Å². The van der Waals surface area contributed by atoms with Crippen molar-refractivity contribution in [2.75, 3.05) is 0 Å². The second-order valence-electron chi connectivity index (χ2n) is 26.1. The topological polar surface area (TPSA) is 149 Å². The van der Waals surface area contributed by atoms with Crippen LogP contribution in [-0.4, -0.2) is 51.4 Å². The summed E-state index contributed by atoms with van der Waals surface area (Å²) in [4.78, 5) is 65.5. The standard InChI is InChI=1S/C86H74N8O2/c1-3-5-11-29-60-64-36-37-65(87-64)61(30-12-6-4-2)67-39-41-76(89-67)85(77-49-47-73(93-77)82(68-40-38-66(60)88-68)58-33-31-53(32-34-58)62-51-59(95)35-50-79(62)96)63-52-78-83(56-25-17-9-18-26-56)74-45-44-71(91-74)80(54-21-13-7-14-22-54)69-42-43-70(90-69)81(55-23-15-8-16-24-55)72-46-48-75(92-72)84(86(63)94-78)57-27-19-10-20-28-57/h7-10,13-28,35-53,58,88-89,91-92H,3-6,11-12,29-34H2,1-2H3. The second kappa shape index (κ2) is 26.0. The first-order valence-corrected chi connectivity index (χ1v) is 34.4. The minimum Gasteiger partial charge on any atom is -0.355 e. The Morgan fingerprint density at radius 2 is 0.729 bits per heavy atom. The number of nitrogens with one attached hydrogen (secondary N) is 4. The van der Waals surface area contributed by atoms with Crippen molar-refractivity contribution in [3.05, 3.63) is 261 Å². The molecule has 0 amide bonds. The van der Waals surface area contributed by atoms with E-state index in [4.69, 9.17) is 19.9 Å². The lowest BCUT2D eigenvalue weighted by Crippen LogP contribution is -2.21. The number of unbranched alkanes of at least 4 members (excludes halogenated alkanes) is 4. The Morgan fingerprint density at radius 1 is 0.344 bits per heavy atom. The summed E-state index contributed by atoms with van der Waals surface area (Å²) in [6.45, 7) is 4.53. The van der Waals surface area contributed by atoms with E-state index >= 15 is 0 Å². The largest absolute Gasteiger partial charge is 0.355 e. The summed E-state index contributed by atoms with van der Waals surface area (Å²) >= 11 is 0. The molecule has 0 unspecified atom stereocenters. The van der Waals surface area contributed by atoms with E-state index in [-0.39, 0.29) is 23.4 Å². The van der Waals surface area contributed by atoms with Crippen LogP contribution in [0.4, 0.5) is 0 Å². The molecule has 0 spiro atoms. The van der Waals surface area contributed by atoms with E-state index in [1.165, 1.54) is 23.3 Å². The van der Waals surface area contributed by atoms with Gasteiger partial charge in [-0.25, -0.2) is 19.9 Å². The second-order valence-corrected chi connectivity index (χ2v) is 26.1. The van der Waals surface area contributed by atoms with Crippen LogP contribution >= 0.6 is 0 Å². The average molecular weight is 1250 g/mol. The first kappa shape index (κ1) is 59.9. The smallest absolute Gasteiger partial charge is 0.182 e. The molecule has 10 heteroatoms. The van der Waals surface area contributed by atoms with Gasteiger partial charge in [0.25, 0.3) is 0 Å². The number of aryl methyl sites for hydroxylation is 2. The maximum atomic E-state index is 13.4. The van der Waals surface area contributed by atoms with Crippen LogP contribution in [-0.2, 0) is 22.4 Å². The molecule has 0 atom stereocenters. The van der Waals surface area contributed by atoms with Crippen LogP contribution < -0.4 is 0 Å². The van der Waals surface area contributed by atoms with Gasteiger partial charge in [-0.15, -0.1) is 0 Å². The highest BCUT2D eigenvalue weighted by Gasteiger charge is 2.33. The molecule has 470 valence electrons. The zero-order valence-electron chi connectivity index (χ0n) is 54.2. The first-order chi connectivity index (χ1) is 47.3. The Kier molecular flexibility index (Phi) is 16.2. The van der Waals surface area contributed by atoms with Crippen LogP contribution in [0.25, 0.3) is 137 Å². The number of carbonyl (C=O) groups excluding carboxylic acids is 2. The monoisotopic (exact) mass is 1250 g/mol. The van der Waals surface area contributed by atoms with Gasteiger partial charge in [0.1, 0.15) is 0 Å². The van der Waals surface area contributed by atoms with Gasteiger partial charge in [0.15, 0.2) is 11.6 Å². The molecular weight excluding hydrogens is 1180 g/mol. The molecule has 1 saturated carbocycles. The number of allylic oxidation sites excluding steroid dienone is 4. The number of hydrogen-bond acceptors (Lipinski definition) is 6. The molecule has 96 heavy (non-hydrogen) atoms. The third-order valence-electron chi connectivity index (χ3n) is 20.0. The van der Waals surface area contributed by atoms with E-state index in [0.29, 0.717) is 5.57 Å². The van der Waals surface area contributed by atoms with E-state index in [9.17, 15) is 9.59 Å². The van der Waals surface area contributed by atoms with Crippen molar-refractivity contribution in [2.24, 2.45) is 5.92 Å². The van der Waals surface area contributed by atoms with Gasteiger partial charge in [-0.05, 0) is 195 Å². The summed E-state index contributed by atoms with van der Waals surface area (Å²) in [5, 5.41) is 0. The van der Waals surface area contributed by atoms with Gasteiger partial charge >= 0.3 is 0 Å². The number of aromatic nitrogens is 8. The minimum absolute atomic E-state index is 0.00391.